The molecule has 5 rings (SSSR count). The molecule has 0 spiro atoms. The number of nitrogens with zero attached hydrogens (tertiary/aromatic N) is 1. The molecule has 36 heavy (non-hydrogen) atoms. The lowest BCUT2D eigenvalue weighted by molar-refractivity contribution is -0.162. The van der Waals surface area contributed by atoms with Crippen molar-refractivity contribution in [3.8, 4) is 0 Å². The summed E-state index contributed by atoms with van der Waals surface area (Å²) in [5.41, 5.74) is -0.213. The van der Waals surface area contributed by atoms with Crippen molar-refractivity contribution < 1.29 is 24.2 Å². The van der Waals surface area contributed by atoms with Gasteiger partial charge < -0.3 is 14.6 Å². The second kappa shape index (κ2) is 10.9. The molecule has 0 radical (unpaired) electrons. The molecule has 0 bridgehead atoms. The average molecular weight is 538 g/mol. The van der Waals surface area contributed by atoms with Gasteiger partial charge in [-0.2, -0.15) is 0 Å². The maximum absolute atomic E-state index is 13.8. The van der Waals surface area contributed by atoms with E-state index in [1.165, 1.54) is 11.8 Å². The largest absolute Gasteiger partial charge is 0.477 e. The quantitative estimate of drug-likeness (QED) is 0.507. The van der Waals surface area contributed by atoms with Gasteiger partial charge in [0.15, 0.2) is 0 Å². The fraction of sp³-hybridized carbons (Fsp3) is 0.893. The van der Waals surface area contributed by atoms with Crippen LogP contribution in [0.2, 0.25) is 0 Å². The van der Waals surface area contributed by atoms with E-state index in [9.17, 15) is 14.7 Å². The lowest BCUT2D eigenvalue weighted by Gasteiger charge is -2.59. The van der Waals surface area contributed by atoms with Crippen molar-refractivity contribution in [1.82, 2.24) is 4.90 Å². The fourth-order valence-electron chi connectivity index (χ4n) is 8.93. The molecular formula is C28H43NO5S2. The molecule has 0 aromatic carbocycles. The highest BCUT2D eigenvalue weighted by atomic mass is 32.2. The highest BCUT2D eigenvalue weighted by Gasteiger charge is 2.64. The van der Waals surface area contributed by atoms with Crippen molar-refractivity contribution in [2.24, 2.45) is 40.4 Å². The Bertz CT molecular complexity index is 863. The standard InChI is InChI=1S/C28H43NO5S2/c1-27-8-7-19(30)15-18(27)3-4-20-21-5-6-22(28(21,2)16-23(31)25(20)27)24(32)17-36-26(35)34-14-11-29-9-12-33-13-10-29/h18-22,25,30H,3-17H2,1-2H3/t18-,19+,20-,21-,22+,25+,27-,28-/m0/s1. The van der Waals surface area contributed by atoms with Gasteiger partial charge in [-0.1, -0.05) is 25.6 Å². The molecule has 8 atom stereocenters. The van der Waals surface area contributed by atoms with E-state index < -0.39 is 0 Å². The van der Waals surface area contributed by atoms with Gasteiger partial charge in [-0.15, -0.1) is 0 Å². The molecule has 0 amide bonds. The van der Waals surface area contributed by atoms with Crippen LogP contribution in [0.1, 0.15) is 65.2 Å². The predicted molar refractivity (Wildman–Crippen MR) is 145 cm³/mol. The van der Waals surface area contributed by atoms with Crippen molar-refractivity contribution in [3.05, 3.63) is 0 Å². The van der Waals surface area contributed by atoms with Gasteiger partial charge in [0.1, 0.15) is 18.2 Å². The summed E-state index contributed by atoms with van der Waals surface area (Å²) in [6, 6.07) is 0. The van der Waals surface area contributed by atoms with Gasteiger partial charge >= 0.3 is 0 Å². The Morgan fingerprint density at radius 3 is 2.72 bits per heavy atom. The average Bonchev–Trinajstić information content (AvgIpc) is 3.20. The van der Waals surface area contributed by atoms with Crippen molar-refractivity contribution in [2.75, 3.05) is 45.2 Å². The Labute approximate surface area is 225 Å². The molecule has 1 aliphatic heterocycles. The number of aliphatic hydroxyl groups excluding tert-OH is 1. The molecular weight excluding hydrogens is 494 g/mol. The second-order valence-electron chi connectivity index (χ2n) is 12.5. The summed E-state index contributed by atoms with van der Waals surface area (Å²) >= 11 is 6.74. The van der Waals surface area contributed by atoms with Crippen LogP contribution in [0, 0.1) is 40.4 Å². The smallest absolute Gasteiger partial charge is 0.220 e. The summed E-state index contributed by atoms with van der Waals surface area (Å²) in [6.07, 6.45) is 7.07. The highest BCUT2D eigenvalue weighted by Crippen LogP contribution is 2.66. The normalized spacial score (nSPS) is 42.8. The maximum Gasteiger partial charge on any atom is 0.220 e. The number of morpholine rings is 1. The molecule has 5 fully saturated rings. The van der Waals surface area contributed by atoms with Crippen LogP contribution in [0.5, 0.6) is 0 Å². The number of thiocarbonyl (C=S) groups is 1. The number of carbonyl (C=O) groups is 2. The summed E-state index contributed by atoms with van der Waals surface area (Å²) in [7, 11) is 0. The number of ether oxygens (including phenoxy) is 2. The van der Waals surface area contributed by atoms with E-state index in [2.05, 4.69) is 18.7 Å². The molecule has 1 N–H and O–H groups in total. The highest BCUT2D eigenvalue weighted by molar-refractivity contribution is 8.23. The van der Waals surface area contributed by atoms with Gasteiger partial charge in [-0.25, -0.2) is 0 Å². The van der Waals surface area contributed by atoms with Crippen LogP contribution < -0.4 is 0 Å². The Morgan fingerprint density at radius 2 is 1.94 bits per heavy atom. The van der Waals surface area contributed by atoms with Gasteiger partial charge in [0, 0.05) is 37.9 Å². The fourth-order valence-corrected chi connectivity index (χ4v) is 9.82. The number of rotatable bonds is 6. The Morgan fingerprint density at radius 1 is 1.17 bits per heavy atom. The first-order valence-corrected chi connectivity index (χ1v) is 15.4. The predicted octanol–water partition coefficient (Wildman–Crippen LogP) is 4.12. The van der Waals surface area contributed by atoms with Crippen LogP contribution in [-0.2, 0) is 19.1 Å². The Kier molecular flexibility index (Phi) is 8.20. The number of hydrogen-bond donors (Lipinski definition) is 1. The van der Waals surface area contributed by atoms with E-state index in [0.29, 0.717) is 46.7 Å². The van der Waals surface area contributed by atoms with E-state index in [0.717, 1.165) is 77.8 Å². The molecule has 4 aliphatic carbocycles. The van der Waals surface area contributed by atoms with E-state index in [1.807, 2.05) is 0 Å². The van der Waals surface area contributed by atoms with Gasteiger partial charge in [0.05, 0.1) is 25.1 Å². The SMILES string of the molecule is C[C@]12CC[C@@H](O)C[C@@H]1CC[C@H]1[C@@H]3CC[C@H](C(=O)CSC(=S)OCCN4CCOCC4)[C@@]3(C)CC(=O)[C@@H]12. The number of ketones is 2. The zero-order valence-electron chi connectivity index (χ0n) is 21.9. The van der Waals surface area contributed by atoms with Crippen LogP contribution in [0.3, 0.4) is 0 Å². The topological polar surface area (TPSA) is 76.1 Å². The maximum atomic E-state index is 13.8. The molecule has 0 unspecified atom stereocenters. The number of fused-ring (bicyclic) bond motifs is 5. The minimum absolute atomic E-state index is 0.0171. The summed E-state index contributed by atoms with van der Waals surface area (Å²) < 4.78 is 11.6. The van der Waals surface area contributed by atoms with Crippen molar-refractivity contribution in [2.45, 2.75) is 71.3 Å². The van der Waals surface area contributed by atoms with Crippen LogP contribution in [0.25, 0.3) is 0 Å². The minimum atomic E-state index is -0.230. The van der Waals surface area contributed by atoms with E-state index in [1.54, 1.807) is 0 Å². The lowest BCUT2D eigenvalue weighted by Crippen LogP contribution is -2.58. The minimum Gasteiger partial charge on any atom is -0.477 e. The molecule has 1 saturated heterocycles. The first kappa shape index (κ1) is 27.0. The van der Waals surface area contributed by atoms with Crippen LogP contribution in [0.15, 0.2) is 0 Å². The summed E-state index contributed by atoms with van der Waals surface area (Å²) in [4.78, 5) is 29.5. The summed E-state index contributed by atoms with van der Waals surface area (Å²) in [5.74, 6) is 2.29. The molecule has 1 heterocycles. The zero-order valence-corrected chi connectivity index (χ0v) is 23.5. The van der Waals surface area contributed by atoms with Gasteiger partial charge in [0.2, 0.25) is 4.38 Å². The molecule has 5 aliphatic rings. The first-order valence-electron chi connectivity index (χ1n) is 14.1. The molecule has 0 aromatic rings. The van der Waals surface area contributed by atoms with Crippen molar-refractivity contribution >= 4 is 39.9 Å². The number of aliphatic hydroxyl groups is 1. The van der Waals surface area contributed by atoms with Gasteiger partial charge in [-0.05, 0) is 85.7 Å². The van der Waals surface area contributed by atoms with Crippen LogP contribution in [-0.4, -0.2) is 77.3 Å². The van der Waals surface area contributed by atoms with Crippen LogP contribution >= 0.6 is 24.0 Å². The number of carbonyl (C=O) groups excluding carboxylic acids is 2. The number of thioether (sulfide) groups is 1. The third-order valence-electron chi connectivity index (χ3n) is 10.8. The van der Waals surface area contributed by atoms with Crippen molar-refractivity contribution in [1.29, 1.82) is 0 Å². The number of hydrogen-bond acceptors (Lipinski definition) is 8. The lowest BCUT2D eigenvalue weighted by atomic mass is 9.44. The van der Waals surface area contributed by atoms with Crippen LogP contribution in [0.4, 0.5) is 0 Å². The molecule has 6 nitrogen and oxygen atoms in total. The molecule has 8 heteroatoms. The number of Topliss-reactive ketones (excluding diaryl/α,β-unsaturated/α-hetero) is 2. The summed E-state index contributed by atoms with van der Waals surface area (Å²) in [5, 5.41) is 10.3. The molecule has 202 valence electrons. The first-order chi connectivity index (χ1) is 17.2. The monoisotopic (exact) mass is 537 g/mol. The van der Waals surface area contributed by atoms with E-state index >= 15 is 0 Å². The zero-order chi connectivity index (χ0) is 25.5. The third kappa shape index (κ3) is 5.06. The Hall–Kier alpha value is -0.540. The third-order valence-corrected chi connectivity index (χ3v) is 12.0. The second-order valence-corrected chi connectivity index (χ2v) is 14.1. The molecule has 4 saturated carbocycles. The van der Waals surface area contributed by atoms with E-state index in [-0.39, 0.29) is 34.6 Å². The Balaban J connectivity index is 1.17. The van der Waals surface area contributed by atoms with E-state index in [4.69, 9.17) is 21.7 Å². The molecule has 0 aromatic heterocycles. The van der Waals surface area contributed by atoms with Gasteiger partial charge in [-0.3, -0.25) is 14.5 Å². The summed E-state index contributed by atoms with van der Waals surface area (Å²) in [6.45, 7) is 9.29. The van der Waals surface area contributed by atoms with Gasteiger partial charge in [0.25, 0.3) is 0 Å². The van der Waals surface area contributed by atoms with Crippen molar-refractivity contribution in [3.63, 3.8) is 0 Å².